The Morgan fingerprint density at radius 1 is 1.10 bits per heavy atom. The van der Waals surface area contributed by atoms with Gasteiger partial charge in [-0.05, 0) is 91.3 Å². The molecule has 0 amide bonds. The van der Waals surface area contributed by atoms with Gasteiger partial charge in [-0.15, -0.1) is 0 Å². The Kier molecular flexibility index (Phi) is 4.50. The fourth-order valence-corrected chi connectivity index (χ4v) is 5.42. The van der Waals surface area contributed by atoms with Crippen molar-refractivity contribution in [2.75, 3.05) is 0 Å². The van der Waals surface area contributed by atoms with E-state index in [2.05, 4.69) is 69.1 Å². The van der Waals surface area contributed by atoms with E-state index in [1.807, 2.05) is 0 Å². The van der Waals surface area contributed by atoms with Gasteiger partial charge in [0.1, 0.15) is 0 Å². The lowest BCUT2D eigenvalue weighted by Gasteiger charge is -2.25. The molecular weight excluding hydrogens is 350 g/mol. The van der Waals surface area contributed by atoms with E-state index < -0.39 is 0 Å². The number of nitrogens with one attached hydrogen (secondary N) is 1. The summed E-state index contributed by atoms with van der Waals surface area (Å²) in [5, 5.41) is 3.65. The van der Waals surface area contributed by atoms with Gasteiger partial charge in [-0.1, -0.05) is 49.4 Å². The Morgan fingerprint density at radius 2 is 1.93 bits per heavy atom. The van der Waals surface area contributed by atoms with Gasteiger partial charge in [-0.25, -0.2) is 0 Å². The zero-order valence-corrected chi connectivity index (χ0v) is 18.0. The van der Waals surface area contributed by atoms with Crippen LogP contribution in [0.25, 0.3) is 5.57 Å². The third-order valence-electron chi connectivity index (χ3n) is 7.09. The lowest BCUT2D eigenvalue weighted by atomic mass is 9.82. The third-order valence-corrected chi connectivity index (χ3v) is 7.09. The molecule has 29 heavy (non-hydrogen) atoms. The topological polar surface area (TPSA) is 12.0 Å². The van der Waals surface area contributed by atoms with Crippen LogP contribution in [0.3, 0.4) is 0 Å². The van der Waals surface area contributed by atoms with Crippen LogP contribution in [-0.4, -0.2) is 0 Å². The summed E-state index contributed by atoms with van der Waals surface area (Å²) >= 11 is 0. The minimum atomic E-state index is 0.626. The van der Waals surface area contributed by atoms with Crippen molar-refractivity contribution in [3.05, 3.63) is 99.0 Å². The first-order valence-electron chi connectivity index (χ1n) is 11.1. The molecule has 1 heteroatoms. The molecule has 0 spiro atoms. The van der Waals surface area contributed by atoms with Crippen LogP contribution in [0.4, 0.5) is 0 Å². The van der Waals surface area contributed by atoms with Crippen LogP contribution in [0.5, 0.6) is 0 Å². The molecule has 0 fully saturated rings. The van der Waals surface area contributed by atoms with Crippen LogP contribution in [0.1, 0.15) is 61.8 Å². The van der Waals surface area contributed by atoms with Crippen molar-refractivity contribution in [1.82, 2.24) is 5.32 Å². The summed E-state index contributed by atoms with van der Waals surface area (Å²) < 4.78 is 0. The molecule has 148 valence electrons. The highest BCUT2D eigenvalue weighted by molar-refractivity contribution is 5.91. The van der Waals surface area contributed by atoms with Gasteiger partial charge in [0.2, 0.25) is 0 Å². The van der Waals surface area contributed by atoms with Gasteiger partial charge in [0.15, 0.2) is 0 Å². The lowest BCUT2D eigenvalue weighted by molar-refractivity contribution is 0.681. The summed E-state index contributed by atoms with van der Waals surface area (Å²) in [5.74, 6) is 0.626. The molecule has 0 saturated heterocycles. The van der Waals surface area contributed by atoms with E-state index in [0.717, 1.165) is 18.5 Å². The second-order valence-corrected chi connectivity index (χ2v) is 9.20. The molecular formula is C28H31N. The summed E-state index contributed by atoms with van der Waals surface area (Å²) in [6.07, 6.45) is 16.6. The van der Waals surface area contributed by atoms with E-state index in [1.54, 1.807) is 11.1 Å². The number of benzene rings is 1. The average Bonchev–Trinajstić information content (AvgIpc) is 3.03. The summed E-state index contributed by atoms with van der Waals surface area (Å²) in [6.45, 7) is 11.2. The molecule has 1 aromatic carbocycles. The molecule has 1 nitrogen and oxygen atoms in total. The van der Waals surface area contributed by atoms with E-state index in [1.165, 1.54) is 70.4 Å². The summed E-state index contributed by atoms with van der Waals surface area (Å²) in [4.78, 5) is 0. The maximum atomic E-state index is 4.34. The van der Waals surface area contributed by atoms with Crippen molar-refractivity contribution in [2.45, 2.75) is 59.3 Å². The molecule has 1 atom stereocenters. The predicted octanol–water partition coefficient (Wildman–Crippen LogP) is 6.87. The summed E-state index contributed by atoms with van der Waals surface area (Å²) in [6, 6.07) is 4.77. The maximum absolute atomic E-state index is 4.34. The zero-order valence-electron chi connectivity index (χ0n) is 18.0. The van der Waals surface area contributed by atoms with Gasteiger partial charge in [0.05, 0.1) is 0 Å². The van der Waals surface area contributed by atoms with Crippen molar-refractivity contribution < 1.29 is 0 Å². The fraction of sp³-hybridized carbons (Fsp3) is 0.357. The van der Waals surface area contributed by atoms with Crippen molar-refractivity contribution in [2.24, 2.45) is 5.92 Å². The van der Waals surface area contributed by atoms with Crippen molar-refractivity contribution in [3.63, 3.8) is 0 Å². The van der Waals surface area contributed by atoms with Gasteiger partial charge in [0, 0.05) is 29.0 Å². The maximum Gasteiger partial charge on any atom is 0.0388 e. The average molecular weight is 382 g/mol. The minimum Gasteiger partial charge on any atom is -0.358 e. The normalized spacial score (nSPS) is 23.6. The van der Waals surface area contributed by atoms with Gasteiger partial charge in [-0.3, -0.25) is 0 Å². The smallest absolute Gasteiger partial charge is 0.0388 e. The molecule has 4 aliphatic rings. The van der Waals surface area contributed by atoms with E-state index in [9.17, 15) is 0 Å². The minimum absolute atomic E-state index is 0.626. The zero-order chi connectivity index (χ0) is 20.1. The fourth-order valence-electron chi connectivity index (χ4n) is 5.42. The number of aryl methyl sites for hydroxylation is 1. The van der Waals surface area contributed by atoms with Crippen molar-refractivity contribution in [3.8, 4) is 0 Å². The highest BCUT2D eigenvalue weighted by Crippen LogP contribution is 2.45. The SMILES string of the molecule is C=C1NC2=C(C=C1C1=CCC(C)C=C1)C(c1ccc3c(c1C)CCCC3)=C(C)C2. The number of hydrogen-bond acceptors (Lipinski definition) is 1. The van der Waals surface area contributed by atoms with Crippen LogP contribution in [0, 0.1) is 12.8 Å². The molecule has 1 N–H and O–H groups in total. The molecule has 1 heterocycles. The van der Waals surface area contributed by atoms with Gasteiger partial charge < -0.3 is 5.32 Å². The number of hydrogen-bond donors (Lipinski definition) is 1. The Bertz CT molecular complexity index is 1070. The van der Waals surface area contributed by atoms with E-state index >= 15 is 0 Å². The van der Waals surface area contributed by atoms with E-state index in [0.29, 0.717) is 5.92 Å². The first-order valence-corrected chi connectivity index (χ1v) is 11.1. The van der Waals surface area contributed by atoms with Crippen LogP contribution in [0.2, 0.25) is 0 Å². The number of dihydropyridines is 1. The number of fused-ring (bicyclic) bond motifs is 1. The van der Waals surface area contributed by atoms with Crippen LogP contribution < -0.4 is 5.32 Å². The van der Waals surface area contributed by atoms with Gasteiger partial charge >= 0.3 is 0 Å². The molecule has 1 aliphatic heterocycles. The molecule has 3 aliphatic carbocycles. The van der Waals surface area contributed by atoms with E-state index in [-0.39, 0.29) is 0 Å². The molecule has 0 aromatic heterocycles. The third kappa shape index (κ3) is 3.08. The first-order chi connectivity index (χ1) is 14.0. The van der Waals surface area contributed by atoms with Crippen molar-refractivity contribution >= 4 is 5.57 Å². The van der Waals surface area contributed by atoms with Crippen molar-refractivity contribution in [1.29, 1.82) is 0 Å². The predicted molar refractivity (Wildman–Crippen MR) is 123 cm³/mol. The van der Waals surface area contributed by atoms with Crippen LogP contribution >= 0.6 is 0 Å². The number of rotatable bonds is 2. The van der Waals surface area contributed by atoms with Gasteiger partial charge in [0.25, 0.3) is 0 Å². The second-order valence-electron chi connectivity index (χ2n) is 9.20. The lowest BCUT2D eigenvalue weighted by Crippen LogP contribution is -2.19. The molecule has 1 aromatic rings. The van der Waals surface area contributed by atoms with Crippen LogP contribution in [-0.2, 0) is 12.8 Å². The quantitative estimate of drug-likeness (QED) is 0.589. The molecule has 0 radical (unpaired) electrons. The van der Waals surface area contributed by atoms with E-state index in [4.69, 9.17) is 0 Å². The Balaban J connectivity index is 1.58. The Labute approximate surface area is 175 Å². The highest BCUT2D eigenvalue weighted by Gasteiger charge is 2.29. The Morgan fingerprint density at radius 3 is 2.72 bits per heavy atom. The second kappa shape index (κ2) is 7.06. The first kappa shape index (κ1) is 18.5. The summed E-state index contributed by atoms with van der Waals surface area (Å²) in [5.41, 5.74) is 15.3. The molecule has 5 rings (SSSR count). The van der Waals surface area contributed by atoms with Gasteiger partial charge in [-0.2, -0.15) is 0 Å². The van der Waals surface area contributed by atoms with Crippen LogP contribution in [0.15, 0.2) is 76.7 Å². The molecule has 0 bridgehead atoms. The largest absolute Gasteiger partial charge is 0.358 e. The summed E-state index contributed by atoms with van der Waals surface area (Å²) in [7, 11) is 0. The standard InChI is InChI=1S/C28H31N/c1-17-9-11-22(12-10-17)25-16-26-27(29-20(25)4)15-18(2)28(26)24-14-13-21-7-5-6-8-23(21)19(24)3/h9,11-14,16-17,29H,4-8,10,15H2,1-3H3. The monoisotopic (exact) mass is 381 g/mol. The number of allylic oxidation sites excluding steroid dienone is 8. The molecule has 1 unspecified atom stereocenters. The highest BCUT2D eigenvalue weighted by atomic mass is 14.9. The Hall–Kier alpha value is -2.54. The molecule has 0 saturated carbocycles.